The number of alkyl halides is 2. The van der Waals surface area contributed by atoms with Crippen LogP contribution in [0.2, 0.25) is 0 Å². The second-order valence-electron chi connectivity index (χ2n) is 11.9. The summed E-state index contributed by atoms with van der Waals surface area (Å²) in [6.45, 7) is 1.88. The Morgan fingerprint density at radius 1 is 1.18 bits per heavy atom. The molecule has 274 valence electrons. The molecule has 6 atom stereocenters. The number of rotatable bonds is 14. The molecule has 1 amide bonds. The van der Waals surface area contributed by atoms with E-state index in [-0.39, 0.29) is 34.6 Å². The van der Waals surface area contributed by atoms with Crippen LogP contribution in [0, 0.1) is 0 Å². The predicted molar refractivity (Wildman–Crippen MR) is 170 cm³/mol. The number of amides is 1. The zero-order chi connectivity index (χ0) is 37.0. The average Bonchev–Trinajstić information content (AvgIpc) is 3.56. The maximum Gasteiger partial charge on any atom is 0.377 e. The van der Waals surface area contributed by atoms with E-state index in [0.717, 1.165) is 30.2 Å². The van der Waals surface area contributed by atoms with Gasteiger partial charge in [-0.2, -0.15) is 0 Å². The third-order valence-electron chi connectivity index (χ3n) is 8.13. The van der Waals surface area contributed by atoms with Gasteiger partial charge in [-0.1, -0.05) is 18.2 Å². The van der Waals surface area contributed by atoms with E-state index in [0.29, 0.717) is 17.8 Å². The van der Waals surface area contributed by atoms with E-state index in [1.54, 1.807) is 18.2 Å². The molecule has 16 nitrogen and oxygen atoms in total. The number of hydrogen-bond acceptors (Lipinski definition) is 13. The van der Waals surface area contributed by atoms with Crippen LogP contribution in [0.4, 0.5) is 8.78 Å². The summed E-state index contributed by atoms with van der Waals surface area (Å²) in [5.74, 6) is -5.36. The van der Waals surface area contributed by atoms with Gasteiger partial charge in [-0.3, -0.25) is 9.59 Å². The summed E-state index contributed by atoms with van der Waals surface area (Å²) in [5.41, 5.74) is -0.407. The molecule has 4 aromatic rings. The normalized spacial score (nSPS) is 21.7. The van der Waals surface area contributed by atoms with Gasteiger partial charge in [0, 0.05) is 19.4 Å². The molecule has 5 rings (SSSR count). The van der Waals surface area contributed by atoms with Crippen molar-refractivity contribution in [3.8, 4) is 17.2 Å². The first-order valence-electron chi connectivity index (χ1n) is 15.8. The van der Waals surface area contributed by atoms with Crippen LogP contribution in [0.3, 0.4) is 0 Å². The highest BCUT2D eigenvalue weighted by atomic mass is 19.3. The quantitative estimate of drug-likeness (QED) is 0.108. The molecule has 0 spiro atoms. The maximum absolute atomic E-state index is 14.4. The number of carboxylic acids is 1. The first-order valence-corrected chi connectivity index (χ1v) is 15.8. The van der Waals surface area contributed by atoms with Gasteiger partial charge >= 0.3 is 11.8 Å². The molecule has 3 heterocycles. The molecule has 2 aromatic carbocycles. The summed E-state index contributed by atoms with van der Waals surface area (Å²) >= 11 is 0. The second-order valence-corrected chi connectivity index (χ2v) is 11.9. The van der Waals surface area contributed by atoms with Crippen LogP contribution in [0.1, 0.15) is 50.1 Å². The highest BCUT2D eigenvalue weighted by Gasteiger charge is 2.57. The Balaban J connectivity index is 1.39. The fourth-order valence-corrected chi connectivity index (χ4v) is 5.71. The molecule has 1 saturated heterocycles. The molecule has 2 aromatic heterocycles. The molecule has 6 N–H and O–H groups in total. The molecule has 0 saturated carbocycles. The Labute approximate surface area is 287 Å². The van der Waals surface area contributed by atoms with Gasteiger partial charge in [0.2, 0.25) is 5.91 Å². The lowest BCUT2D eigenvalue weighted by Crippen LogP contribution is -2.68. The van der Waals surface area contributed by atoms with Gasteiger partial charge in [0.05, 0.1) is 42.6 Å². The summed E-state index contributed by atoms with van der Waals surface area (Å²) in [4.78, 5) is 37.1. The number of aryl methyl sites for hydroxylation is 1. The van der Waals surface area contributed by atoms with E-state index in [4.69, 9.17) is 18.6 Å². The van der Waals surface area contributed by atoms with Gasteiger partial charge in [0.1, 0.15) is 58.8 Å². The predicted octanol–water partition coefficient (Wildman–Crippen LogP) is 1.37. The van der Waals surface area contributed by atoms with Crippen molar-refractivity contribution in [2.24, 2.45) is 0 Å². The summed E-state index contributed by atoms with van der Waals surface area (Å²) < 4.78 is 52.7. The Kier molecular flexibility index (Phi) is 11.3. The summed E-state index contributed by atoms with van der Waals surface area (Å²) in [7, 11) is 0. The molecule has 1 fully saturated rings. The van der Waals surface area contributed by atoms with Crippen LogP contribution in [-0.2, 0) is 27.4 Å². The number of aliphatic hydroxyl groups is 4. The largest absolute Gasteiger partial charge is 0.486 e. The number of fused-ring (bicyclic) bond motifs is 1. The Hall–Kier alpha value is -5.01. The number of aliphatic hydroxyl groups excluding tert-OH is 4. The van der Waals surface area contributed by atoms with Gasteiger partial charge in [-0.25, -0.2) is 18.3 Å². The van der Waals surface area contributed by atoms with Crippen LogP contribution in [0.25, 0.3) is 16.7 Å². The molecule has 1 aliphatic heterocycles. The lowest BCUT2D eigenvalue weighted by Gasteiger charge is -2.46. The molecule has 0 radical (unpaired) electrons. The highest BCUT2D eigenvalue weighted by molar-refractivity contribution is 5.83. The summed E-state index contributed by atoms with van der Waals surface area (Å²) in [5, 5.41) is 61.5. The molecule has 18 heteroatoms. The minimum atomic E-state index is -3.23. The van der Waals surface area contributed by atoms with Crippen LogP contribution >= 0.6 is 0 Å². The number of nitrogens with one attached hydrogen (secondary N) is 1. The van der Waals surface area contributed by atoms with Crippen molar-refractivity contribution in [2.45, 2.75) is 82.4 Å². The molecular formula is C33H36F2N4O12. The van der Waals surface area contributed by atoms with E-state index >= 15 is 0 Å². The van der Waals surface area contributed by atoms with Crippen molar-refractivity contribution in [1.29, 1.82) is 0 Å². The number of benzene rings is 2. The number of halogens is 2. The number of ether oxygens (including phenoxy) is 3. The van der Waals surface area contributed by atoms with E-state index < -0.39 is 78.9 Å². The number of hydrogen-bond donors (Lipinski definition) is 6. The standard InChI is InChI=1S/C33H36F2N4O12/c1-3-5-19-11-21(42)27-25(6-4-7-26(27)49-19)48-15-17-13-39(38-37-17)18-8-9-24(20(10-18)31(34)35)50-33(32(46)47)12-22(43)28(36-16(2)41)30(51-33)29(45)23(44)14-40/h4,6-11,13,22-23,28-31,40,43-45H,3,5,12,14-15H2,1-2H3,(H,36,41)(H,46,47)/t22-,23+,28+,29+,30+,33+/m0/s1. The number of nitrogens with zero attached hydrogens (tertiary/aromatic N) is 3. The fourth-order valence-electron chi connectivity index (χ4n) is 5.71. The lowest BCUT2D eigenvalue weighted by atomic mass is 9.88. The zero-order valence-corrected chi connectivity index (χ0v) is 27.3. The highest BCUT2D eigenvalue weighted by Crippen LogP contribution is 2.39. The van der Waals surface area contributed by atoms with Gasteiger partial charge in [-0.05, 0) is 36.8 Å². The topological polar surface area (TPSA) is 236 Å². The van der Waals surface area contributed by atoms with E-state index in [1.807, 2.05) is 6.92 Å². The molecular weight excluding hydrogens is 682 g/mol. The fraction of sp³-hybridized carbons (Fsp3) is 0.424. The van der Waals surface area contributed by atoms with Crippen LogP contribution in [0.5, 0.6) is 11.5 Å². The Bertz CT molecular complexity index is 1940. The van der Waals surface area contributed by atoms with Crippen molar-refractivity contribution in [1.82, 2.24) is 20.3 Å². The maximum atomic E-state index is 14.4. The summed E-state index contributed by atoms with van der Waals surface area (Å²) in [6.07, 6.45) is -8.96. The molecule has 0 bridgehead atoms. The lowest BCUT2D eigenvalue weighted by molar-refractivity contribution is -0.284. The van der Waals surface area contributed by atoms with Crippen molar-refractivity contribution >= 4 is 22.8 Å². The van der Waals surface area contributed by atoms with Gasteiger partial charge in [-0.15, -0.1) is 5.10 Å². The molecule has 0 aliphatic carbocycles. The third-order valence-corrected chi connectivity index (χ3v) is 8.13. The summed E-state index contributed by atoms with van der Waals surface area (Å²) in [6, 6.07) is 8.08. The average molecular weight is 719 g/mol. The molecule has 0 unspecified atom stereocenters. The minimum absolute atomic E-state index is 0.0599. The van der Waals surface area contributed by atoms with Crippen LogP contribution < -0.4 is 20.2 Å². The van der Waals surface area contributed by atoms with Crippen molar-refractivity contribution in [3.63, 3.8) is 0 Å². The van der Waals surface area contributed by atoms with Crippen LogP contribution in [-0.4, -0.2) is 95.3 Å². The minimum Gasteiger partial charge on any atom is -0.486 e. The molecule has 1 aliphatic rings. The van der Waals surface area contributed by atoms with E-state index in [1.165, 1.54) is 18.3 Å². The Morgan fingerprint density at radius 2 is 1.94 bits per heavy atom. The van der Waals surface area contributed by atoms with Gasteiger partial charge in [0.25, 0.3) is 6.43 Å². The van der Waals surface area contributed by atoms with Gasteiger partial charge < -0.3 is 49.5 Å². The number of carbonyl (C=O) groups is 2. The first kappa shape index (κ1) is 37.3. The van der Waals surface area contributed by atoms with Gasteiger partial charge in [0.15, 0.2) is 5.43 Å². The van der Waals surface area contributed by atoms with Crippen molar-refractivity contribution in [3.05, 3.63) is 75.9 Å². The smallest absolute Gasteiger partial charge is 0.377 e. The number of carbonyl (C=O) groups excluding carboxylic acids is 1. The van der Waals surface area contributed by atoms with E-state index in [2.05, 4.69) is 15.6 Å². The second kappa shape index (κ2) is 15.5. The number of aliphatic carboxylic acids is 1. The van der Waals surface area contributed by atoms with E-state index in [9.17, 15) is 48.7 Å². The van der Waals surface area contributed by atoms with Crippen LogP contribution in [0.15, 0.2) is 57.9 Å². The third kappa shape index (κ3) is 7.99. The number of carboxylic acid groups (broad SMARTS) is 1. The van der Waals surface area contributed by atoms with Crippen molar-refractivity contribution in [2.75, 3.05) is 6.61 Å². The number of aromatic nitrogens is 3. The zero-order valence-electron chi connectivity index (χ0n) is 27.3. The first-order chi connectivity index (χ1) is 24.3. The Morgan fingerprint density at radius 3 is 2.61 bits per heavy atom. The van der Waals surface area contributed by atoms with Crippen molar-refractivity contribution < 1.29 is 62.5 Å². The molecule has 51 heavy (non-hydrogen) atoms. The monoisotopic (exact) mass is 718 g/mol. The SMILES string of the molecule is CCCc1cc(=O)c2c(OCc3cn(-c4ccc(O[C@]5(C(=O)O)C[C@H](O)[C@@H](NC(C)=O)[C@H]([C@H](O)[C@H](O)CO)O5)c(C(F)F)c4)nn3)cccc2o1.